The van der Waals surface area contributed by atoms with Crippen LogP contribution in [0.15, 0.2) is 37.4 Å². The number of nitrogens with one attached hydrogen (secondary N) is 7. The van der Waals surface area contributed by atoms with Crippen molar-refractivity contribution in [3.63, 3.8) is 0 Å². The Morgan fingerprint density at radius 1 is 0.625 bits per heavy atom. The molecule has 0 fully saturated rings. The highest BCUT2D eigenvalue weighted by Crippen LogP contribution is 2.07. The number of nitrogens with zero attached hydrogens (tertiary/aromatic N) is 4. The molecular formula is C35H56N12O9. The van der Waals surface area contributed by atoms with Gasteiger partial charge in [0.25, 0.3) is 5.91 Å². The standard InChI is InChI=1S/C35H56N12O9/c36-33(54)26(5-1-3-11-37-13-9-29(49)41-17-21-46-19-15-39-24-46)44-35(56)28(7-8-32(52)53)45-34(55)27(43-31(51)23-48)6-2-4-12-38-14-10-30(50)42-18-22-47-20-16-40-25-47/h15-16,19-20,23-28,37-38H,1-14,17-18,21-22H2,(H2,36,54)(H,41,49)(H,42,50)(H,43,51)(H,44,56)(H,45,55)(H,52,53)/t26-,27-,28-/m1/s1. The first kappa shape index (κ1) is 46.5. The van der Waals surface area contributed by atoms with Crippen molar-refractivity contribution in [3.05, 3.63) is 37.4 Å². The van der Waals surface area contributed by atoms with Crippen LogP contribution in [-0.2, 0) is 51.4 Å². The van der Waals surface area contributed by atoms with E-state index in [1.165, 1.54) is 0 Å². The third-order valence-electron chi connectivity index (χ3n) is 8.43. The fourth-order valence-corrected chi connectivity index (χ4v) is 5.36. The number of amides is 6. The van der Waals surface area contributed by atoms with Gasteiger partial charge < -0.3 is 57.2 Å². The number of hydrogen-bond donors (Lipinski definition) is 9. The van der Waals surface area contributed by atoms with Gasteiger partial charge in [0.1, 0.15) is 18.1 Å². The number of unbranched alkanes of at least 4 members (excludes halogenated alkanes) is 2. The number of aromatic nitrogens is 4. The number of carboxylic acids is 1. The van der Waals surface area contributed by atoms with E-state index in [0.29, 0.717) is 78.0 Å². The van der Waals surface area contributed by atoms with Crippen LogP contribution >= 0.6 is 0 Å². The van der Waals surface area contributed by atoms with E-state index in [4.69, 9.17) is 5.73 Å². The van der Waals surface area contributed by atoms with E-state index in [0.717, 1.165) is 0 Å². The maximum Gasteiger partial charge on any atom is 0.303 e. The molecule has 56 heavy (non-hydrogen) atoms. The summed E-state index contributed by atoms with van der Waals surface area (Å²) in [4.78, 5) is 105. The first-order chi connectivity index (χ1) is 27.0. The Morgan fingerprint density at radius 2 is 1.11 bits per heavy atom. The molecule has 0 aliphatic heterocycles. The van der Waals surface area contributed by atoms with Crippen LogP contribution in [0.4, 0.5) is 0 Å². The van der Waals surface area contributed by atoms with Gasteiger partial charge in [-0.05, 0) is 58.0 Å². The highest BCUT2D eigenvalue weighted by Gasteiger charge is 2.29. The summed E-state index contributed by atoms with van der Waals surface area (Å²) in [5.74, 6) is -4.98. The van der Waals surface area contributed by atoms with E-state index in [1.54, 1.807) is 37.4 Å². The van der Waals surface area contributed by atoms with Gasteiger partial charge in [0, 0.05) is 83.3 Å². The summed E-state index contributed by atoms with van der Waals surface area (Å²) in [6.45, 7) is 4.06. The Balaban J connectivity index is 1.76. The molecule has 2 aromatic rings. The molecule has 3 atom stereocenters. The monoisotopic (exact) mass is 788 g/mol. The summed E-state index contributed by atoms with van der Waals surface area (Å²) in [6, 6.07) is -3.72. The zero-order chi connectivity index (χ0) is 41.0. The molecule has 21 heteroatoms. The Bertz CT molecular complexity index is 1510. The number of aldehydes is 1. The lowest BCUT2D eigenvalue weighted by molar-refractivity contribution is -0.138. The van der Waals surface area contributed by atoms with Gasteiger partial charge in [0.05, 0.1) is 12.7 Å². The van der Waals surface area contributed by atoms with Gasteiger partial charge >= 0.3 is 5.97 Å². The second-order valence-electron chi connectivity index (χ2n) is 12.9. The smallest absolute Gasteiger partial charge is 0.303 e. The van der Waals surface area contributed by atoms with Gasteiger partial charge in [0.2, 0.25) is 35.8 Å². The highest BCUT2D eigenvalue weighted by molar-refractivity contribution is 6.24. The number of aliphatic carboxylic acids is 1. The lowest BCUT2D eigenvalue weighted by Gasteiger charge is -2.24. The lowest BCUT2D eigenvalue weighted by atomic mass is 10.0. The highest BCUT2D eigenvalue weighted by atomic mass is 16.4. The Kier molecular flexibility index (Phi) is 23.1. The lowest BCUT2D eigenvalue weighted by Crippen LogP contribution is -2.56. The Hall–Kier alpha value is -5.70. The predicted octanol–water partition coefficient (Wildman–Crippen LogP) is -2.68. The van der Waals surface area contributed by atoms with Gasteiger partial charge in [-0.15, -0.1) is 0 Å². The summed E-state index contributed by atoms with van der Waals surface area (Å²) < 4.78 is 3.70. The first-order valence-corrected chi connectivity index (χ1v) is 18.7. The average molecular weight is 789 g/mol. The molecule has 2 aromatic heterocycles. The SMILES string of the molecule is NC(=O)[C@@H](CCCCNCCC(=O)NCCn1ccnc1)NC(=O)[C@@H](CCC(=O)O)NC(=O)[C@@H](CCCCNCCC(=O)NCCn1ccnc1)NC(=O)C=O. The number of carboxylic acid groups (broad SMARTS) is 1. The number of imidazole rings is 2. The number of primary amides is 1. The largest absolute Gasteiger partial charge is 0.481 e. The summed E-state index contributed by atoms with van der Waals surface area (Å²) in [6.07, 6.45) is 12.2. The van der Waals surface area contributed by atoms with E-state index in [-0.39, 0.29) is 50.2 Å². The van der Waals surface area contributed by atoms with E-state index < -0.39 is 54.1 Å². The van der Waals surface area contributed by atoms with Crippen molar-refractivity contribution in [2.45, 2.75) is 95.4 Å². The summed E-state index contributed by atoms with van der Waals surface area (Å²) in [7, 11) is 0. The van der Waals surface area contributed by atoms with Crippen molar-refractivity contribution in [1.29, 1.82) is 0 Å². The molecule has 6 amide bonds. The van der Waals surface area contributed by atoms with E-state index >= 15 is 0 Å². The average Bonchev–Trinajstić information content (AvgIpc) is 3.89. The molecular weight excluding hydrogens is 732 g/mol. The van der Waals surface area contributed by atoms with Crippen LogP contribution in [0.2, 0.25) is 0 Å². The zero-order valence-corrected chi connectivity index (χ0v) is 31.6. The van der Waals surface area contributed by atoms with Crippen LogP contribution in [0, 0.1) is 0 Å². The third kappa shape index (κ3) is 21.3. The molecule has 0 unspecified atom stereocenters. The van der Waals surface area contributed by atoms with Crippen LogP contribution < -0.4 is 43.0 Å². The number of carbonyl (C=O) groups is 8. The maximum atomic E-state index is 13.3. The van der Waals surface area contributed by atoms with E-state index in [9.17, 15) is 43.5 Å². The molecule has 310 valence electrons. The van der Waals surface area contributed by atoms with Crippen molar-refractivity contribution < 1.29 is 43.5 Å². The molecule has 0 saturated heterocycles. The number of rotatable bonds is 32. The molecule has 0 aliphatic rings. The fraction of sp³-hybridized carbons (Fsp3) is 0.600. The molecule has 0 bridgehead atoms. The van der Waals surface area contributed by atoms with Crippen molar-refractivity contribution in [2.24, 2.45) is 5.73 Å². The van der Waals surface area contributed by atoms with Crippen LogP contribution in [0.3, 0.4) is 0 Å². The topological polar surface area (TPSA) is 303 Å². The van der Waals surface area contributed by atoms with Gasteiger partial charge in [0.15, 0.2) is 0 Å². The fourth-order valence-electron chi connectivity index (χ4n) is 5.36. The molecule has 10 N–H and O–H groups in total. The second kappa shape index (κ2) is 27.8. The van der Waals surface area contributed by atoms with Crippen molar-refractivity contribution in [3.8, 4) is 0 Å². The molecule has 0 saturated carbocycles. The molecule has 2 heterocycles. The van der Waals surface area contributed by atoms with Crippen LogP contribution in [0.25, 0.3) is 0 Å². The van der Waals surface area contributed by atoms with Crippen LogP contribution in [0.5, 0.6) is 0 Å². The zero-order valence-electron chi connectivity index (χ0n) is 31.6. The molecule has 0 radical (unpaired) electrons. The number of hydrogen-bond acceptors (Lipinski definition) is 12. The van der Waals surface area contributed by atoms with Gasteiger partial charge in [-0.3, -0.25) is 38.4 Å². The maximum absolute atomic E-state index is 13.3. The minimum Gasteiger partial charge on any atom is -0.481 e. The van der Waals surface area contributed by atoms with Gasteiger partial charge in [-0.25, -0.2) is 9.97 Å². The Labute approximate surface area is 325 Å². The molecule has 21 nitrogen and oxygen atoms in total. The van der Waals surface area contributed by atoms with Crippen molar-refractivity contribution in [1.82, 2.24) is 56.3 Å². The predicted molar refractivity (Wildman–Crippen MR) is 201 cm³/mol. The normalized spacial score (nSPS) is 12.4. The van der Waals surface area contributed by atoms with Crippen molar-refractivity contribution >= 4 is 47.7 Å². The third-order valence-corrected chi connectivity index (χ3v) is 8.43. The molecule has 0 aliphatic carbocycles. The summed E-state index contributed by atoms with van der Waals surface area (Å²) in [5.41, 5.74) is 5.53. The molecule has 2 rings (SSSR count). The van der Waals surface area contributed by atoms with Crippen LogP contribution in [-0.4, -0.2) is 129 Å². The quantitative estimate of drug-likeness (QED) is 0.0208. The van der Waals surface area contributed by atoms with Gasteiger partial charge in [-0.2, -0.15) is 0 Å². The molecule has 0 spiro atoms. The van der Waals surface area contributed by atoms with E-state index in [1.807, 2.05) is 9.13 Å². The minimum atomic E-state index is -1.39. The van der Waals surface area contributed by atoms with Crippen molar-refractivity contribution in [2.75, 3.05) is 39.3 Å². The van der Waals surface area contributed by atoms with Crippen LogP contribution in [0.1, 0.15) is 64.2 Å². The summed E-state index contributed by atoms with van der Waals surface area (Å²) in [5, 5.41) is 28.4. The first-order valence-electron chi connectivity index (χ1n) is 18.7. The summed E-state index contributed by atoms with van der Waals surface area (Å²) >= 11 is 0. The van der Waals surface area contributed by atoms with E-state index in [2.05, 4.69) is 47.2 Å². The Morgan fingerprint density at radius 3 is 1.55 bits per heavy atom. The molecule has 0 aromatic carbocycles. The van der Waals surface area contributed by atoms with Gasteiger partial charge in [-0.1, -0.05) is 0 Å². The number of nitrogens with two attached hydrogens (primary N) is 1. The minimum absolute atomic E-state index is 0.00644. The second-order valence-corrected chi connectivity index (χ2v) is 12.9. The number of carbonyl (C=O) groups excluding carboxylic acids is 7.